The van der Waals surface area contributed by atoms with E-state index in [4.69, 9.17) is 9.84 Å². The van der Waals surface area contributed by atoms with Gasteiger partial charge in [-0.2, -0.15) is 0 Å². The number of fused-ring (bicyclic) bond motifs is 1. The van der Waals surface area contributed by atoms with Crippen molar-refractivity contribution < 1.29 is 24.2 Å². The lowest BCUT2D eigenvalue weighted by Gasteiger charge is -2.44. The van der Waals surface area contributed by atoms with E-state index in [-0.39, 0.29) is 23.8 Å². The molecule has 0 radical (unpaired) electrons. The maximum absolute atomic E-state index is 12.9. The monoisotopic (exact) mass is 454 g/mol. The highest BCUT2D eigenvalue weighted by molar-refractivity contribution is 8.01. The van der Waals surface area contributed by atoms with Crippen molar-refractivity contribution in [1.82, 2.24) is 30.5 Å². The second kappa shape index (κ2) is 8.65. The van der Waals surface area contributed by atoms with Crippen molar-refractivity contribution in [2.75, 3.05) is 6.54 Å². The zero-order valence-electron chi connectivity index (χ0n) is 18.4. The minimum absolute atomic E-state index is 0.167. The summed E-state index contributed by atoms with van der Waals surface area (Å²) >= 11 is 1.50. The fourth-order valence-electron chi connectivity index (χ4n) is 3.68. The average Bonchev–Trinajstić information content (AvgIpc) is 3.21. The molecule has 3 rings (SSSR count). The minimum atomic E-state index is -0.704. The summed E-state index contributed by atoms with van der Waals surface area (Å²) in [4.78, 5) is 39.2. The largest absolute Gasteiger partial charge is 0.444 e. The Kier molecular flexibility index (Phi) is 6.51. The lowest BCUT2D eigenvalue weighted by molar-refractivity contribution is -0.153. The number of nitrogens with zero attached hydrogens (tertiary/aromatic N) is 4. The van der Waals surface area contributed by atoms with E-state index in [0.29, 0.717) is 25.2 Å². The van der Waals surface area contributed by atoms with Gasteiger partial charge in [0.2, 0.25) is 11.8 Å². The van der Waals surface area contributed by atoms with Crippen molar-refractivity contribution in [2.45, 2.75) is 82.0 Å². The van der Waals surface area contributed by atoms with Crippen molar-refractivity contribution in [3.8, 4) is 0 Å². The number of aliphatic hydroxyl groups is 1. The van der Waals surface area contributed by atoms with Crippen molar-refractivity contribution in [3.63, 3.8) is 0 Å². The van der Waals surface area contributed by atoms with Crippen LogP contribution in [0.3, 0.4) is 0 Å². The topological polar surface area (TPSA) is 139 Å². The molecule has 2 saturated heterocycles. The molecule has 0 aromatic carbocycles. The molecule has 1 aromatic heterocycles. The van der Waals surface area contributed by atoms with Crippen LogP contribution in [-0.4, -0.2) is 77.3 Å². The Morgan fingerprint density at radius 1 is 1.35 bits per heavy atom. The van der Waals surface area contributed by atoms with Gasteiger partial charge in [0.15, 0.2) is 0 Å². The summed E-state index contributed by atoms with van der Waals surface area (Å²) in [6, 6.07) is -1.33. The van der Waals surface area contributed by atoms with E-state index in [1.807, 2.05) is 13.8 Å². The second-order valence-electron chi connectivity index (χ2n) is 9.16. The molecule has 0 bridgehead atoms. The number of aliphatic hydroxyl groups excluding tert-OH is 1. The molecule has 172 valence electrons. The zero-order valence-corrected chi connectivity index (χ0v) is 19.2. The Bertz CT molecular complexity index is 851. The number of alkyl carbamates (subject to hydrolysis) is 1. The maximum Gasteiger partial charge on any atom is 0.408 e. The third-order valence-corrected chi connectivity index (χ3v) is 6.54. The minimum Gasteiger partial charge on any atom is -0.444 e. The average molecular weight is 455 g/mol. The number of amides is 3. The number of nitrogens with one attached hydrogen (secondary N) is 2. The third kappa shape index (κ3) is 5.12. The second-order valence-corrected chi connectivity index (χ2v) is 10.9. The maximum atomic E-state index is 12.9. The lowest BCUT2D eigenvalue weighted by Crippen LogP contribution is -2.71. The Morgan fingerprint density at radius 3 is 2.68 bits per heavy atom. The van der Waals surface area contributed by atoms with Gasteiger partial charge in [0, 0.05) is 17.8 Å². The van der Waals surface area contributed by atoms with E-state index in [1.165, 1.54) is 11.8 Å². The molecule has 11 nitrogen and oxygen atoms in total. The van der Waals surface area contributed by atoms with Crippen molar-refractivity contribution in [1.29, 1.82) is 0 Å². The molecule has 31 heavy (non-hydrogen) atoms. The Balaban J connectivity index is 1.52. The molecule has 2 aliphatic heterocycles. The Labute approximate surface area is 185 Å². The SMILES string of the molecule is CC(C)(C)OC(=O)N[C@@H]1C(=O)N2C1SC(C)(C)[C@@H]2C(=O)NCCCn1cc(CO)nn1. The van der Waals surface area contributed by atoms with Crippen molar-refractivity contribution in [3.05, 3.63) is 11.9 Å². The summed E-state index contributed by atoms with van der Waals surface area (Å²) in [5.41, 5.74) is -0.168. The molecular formula is C19H30N6O5S. The van der Waals surface area contributed by atoms with Gasteiger partial charge in [-0.25, -0.2) is 4.79 Å². The van der Waals surface area contributed by atoms with Gasteiger partial charge >= 0.3 is 6.09 Å². The molecule has 2 fully saturated rings. The number of aromatic nitrogens is 3. The molecule has 2 aliphatic rings. The van der Waals surface area contributed by atoms with Gasteiger partial charge in [-0.1, -0.05) is 5.21 Å². The first kappa shape index (κ1) is 23.3. The number of aryl methyl sites for hydroxylation is 1. The molecule has 0 saturated carbocycles. The Morgan fingerprint density at radius 2 is 2.06 bits per heavy atom. The van der Waals surface area contributed by atoms with Crippen LogP contribution in [0.2, 0.25) is 0 Å². The normalized spacial score (nSPS) is 24.4. The van der Waals surface area contributed by atoms with E-state index in [9.17, 15) is 14.4 Å². The van der Waals surface area contributed by atoms with Gasteiger partial charge in [-0.15, -0.1) is 16.9 Å². The fourth-order valence-corrected chi connectivity index (χ4v) is 5.31. The van der Waals surface area contributed by atoms with Crippen LogP contribution < -0.4 is 10.6 Å². The number of β-lactam (4-membered cyclic amide) rings is 1. The predicted molar refractivity (Wildman–Crippen MR) is 113 cm³/mol. The summed E-state index contributed by atoms with van der Waals surface area (Å²) in [5.74, 6) is -0.507. The molecule has 12 heteroatoms. The molecule has 3 atom stereocenters. The third-order valence-electron chi connectivity index (χ3n) is 4.97. The van der Waals surface area contributed by atoms with E-state index in [2.05, 4.69) is 20.9 Å². The van der Waals surface area contributed by atoms with Crippen LogP contribution in [0, 0.1) is 0 Å². The summed E-state index contributed by atoms with van der Waals surface area (Å²) in [6.07, 6.45) is 1.63. The van der Waals surface area contributed by atoms with Gasteiger partial charge in [-0.3, -0.25) is 14.3 Å². The highest BCUT2D eigenvalue weighted by atomic mass is 32.2. The number of hydrogen-bond donors (Lipinski definition) is 3. The number of ether oxygens (including phenoxy) is 1. The summed E-state index contributed by atoms with van der Waals surface area (Å²) < 4.78 is 6.35. The molecule has 0 spiro atoms. The number of hydrogen-bond acceptors (Lipinski definition) is 8. The summed E-state index contributed by atoms with van der Waals surface area (Å²) in [6.45, 7) is 9.89. The first-order chi connectivity index (χ1) is 14.4. The van der Waals surface area contributed by atoms with Gasteiger partial charge in [-0.05, 0) is 41.0 Å². The van der Waals surface area contributed by atoms with Crippen molar-refractivity contribution >= 4 is 29.7 Å². The predicted octanol–water partition coefficient (Wildman–Crippen LogP) is 0.232. The van der Waals surface area contributed by atoms with Gasteiger partial charge in [0.05, 0.1) is 12.8 Å². The van der Waals surface area contributed by atoms with Crippen LogP contribution >= 0.6 is 11.8 Å². The van der Waals surface area contributed by atoms with Gasteiger partial charge in [0.25, 0.3) is 0 Å². The van der Waals surface area contributed by atoms with E-state index >= 15 is 0 Å². The van der Waals surface area contributed by atoms with Crippen LogP contribution in [0.5, 0.6) is 0 Å². The molecule has 1 aromatic rings. The lowest BCUT2D eigenvalue weighted by atomic mass is 9.95. The van der Waals surface area contributed by atoms with E-state index in [1.54, 1.807) is 36.5 Å². The van der Waals surface area contributed by atoms with Crippen LogP contribution in [0.15, 0.2) is 6.20 Å². The Hall–Kier alpha value is -2.34. The van der Waals surface area contributed by atoms with Crippen LogP contribution in [0.25, 0.3) is 0 Å². The van der Waals surface area contributed by atoms with E-state index < -0.39 is 28.5 Å². The van der Waals surface area contributed by atoms with Gasteiger partial charge < -0.3 is 25.4 Å². The van der Waals surface area contributed by atoms with E-state index in [0.717, 1.165) is 0 Å². The van der Waals surface area contributed by atoms with Gasteiger partial charge in [0.1, 0.15) is 28.8 Å². The molecule has 0 aliphatic carbocycles. The number of carbonyl (C=O) groups excluding carboxylic acids is 3. The molecule has 3 heterocycles. The number of carbonyl (C=O) groups is 3. The van der Waals surface area contributed by atoms with Crippen LogP contribution in [0.1, 0.15) is 46.7 Å². The quantitative estimate of drug-likeness (QED) is 0.393. The van der Waals surface area contributed by atoms with Crippen LogP contribution in [0.4, 0.5) is 4.79 Å². The van der Waals surface area contributed by atoms with Crippen LogP contribution in [-0.2, 0) is 27.5 Å². The highest BCUT2D eigenvalue weighted by Crippen LogP contribution is 2.50. The van der Waals surface area contributed by atoms with Crippen molar-refractivity contribution in [2.24, 2.45) is 0 Å². The molecular weight excluding hydrogens is 424 g/mol. The summed E-state index contributed by atoms with van der Waals surface area (Å²) in [7, 11) is 0. The fraction of sp³-hybridized carbons (Fsp3) is 0.737. The molecule has 3 N–H and O–H groups in total. The first-order valence-corrected chi connectivity index (χ1v) is 11.1. The number of rotatable bonds is 7. The smallest absolute Gasteiger partial charge is 0.408 e. The number of thioether (sulfide) groups is 1. The highest BCUT2D eigenvalue weighted by Gasteiger charge is 2.64. The summed E-state index contributed by atoms with van der Waals surface area (Å²) in [5, 5.41) is 21.9. The molecule has 3 amide bonds. The zero-order chi connectivity index (χ0) is 23.0. The molecule has 1 unspecified atom stereocenters. The standard InChI is InChI=1S/C19H30N6O5S/c1-18(2,3)30-17(29)21-12-15(28)25-13(19(4,5)31-16(12)25)14(27)20-7-6-8-24-9-11(10-26)22-23-24/h9,12-13,16,26H,6-8,10H2,1-5H3,(H,20,27)(H,21,29)/t12-,13+,16?/m1/s1. The first-order valence-electron chi connectivity index (χ1n) is 10.2.